The molecule has 3 heteroatoms. The van der Waals surface area contributed by atoms with E-state index in [1.165, 1.54) is 0 Å². The Labute approximate surface area is 89.8 Å². The monoisotopic (exact) mass is 207 g/mol. The normalized spacial score (nSPS) is 21.2. The first-order valence-electron chi connectivity index (χ1n) is 5.39. The summed E-state index contributed by atoms with van der Waals surface area (Å²) in [7, 11) is 0. The summed E-state index contributed by atoms with van der Waals surface area (Å²) in [6, 6.07) is 1.84. The highest BCUT2D eigenvalue weighted by atomic mass is 16.3. The molecule has 0 aromatic carbocycles. The Morgan fingerprint density at radius 1 is 1.47 bits per heavy atom. The molecule has 2 N–H and O–H groups in total. The van der Waals surface area contributed by atoms with Gasteiger partial charge in [0.15, 0.2) is 0 Å². The summed E-state index contributed by atoms with van der Waals surface area (Å²) < 4.78 is 0. The van der Waals surface area contributed by atoms with Gasteiger partial charge in [-0.3, -0.25) is 4.98 Å². The molecule has 0 aliphatic heterocycles. The molecule has 0 saturated carbocycles. The molecule has 2 rings (SSSR count). The molecular formula is C12H17NO2. The zero-order chi connectivity index (χ0) is 11.1. The van der Waals surface area contributed by atoms with Crippen LogP contribution in [0.15, 0.2) is 12.3 Å². The summed E-state index contributed by atoms with van der Waals surface area (Å²) in [5.41, 5.74) is 1.82. The van der Waals surface area contributed by atoms with Crippen molar-refractivity contribution in [3.63, 3.8) is 0 Å². The molecule has 15 heavy (non-hydrogen) atoms. The highest BCUT2D eigenvalue weighted by Crippen LogP contribution is 2.34. The minimum atomic E-state index is -0.857. The Balaban J connectivity index is 2.54. The van der Waals surface area contributed by atoms with Crippen LogP contribution in [-0.4, -0.2) is 15.2 Å². The molecule has 3 nitrogen and oxygen atoms in total. The summed E-state index contributed by atoms with van der Waals surface area (Å²) in [6.07, 6.45) is 3.84. The Hall–Kier alpha value is -0.930. The lowest BCUT2D eigenvalue weighted by Crippen LogP contribution is -2.22. The zero-order valence-corrected chi connectivity index (χ0v) is 9.20. The molecule has 1 aliphatic carbocycles. The van der Waals surface area contributed by atoms with Crippen molar-refractivity contribution >= 4 is 0 Å². The molecule has 0 radical (unpaired) electrons. The number of nitrogens with zero attached hydrogens (tertiary/aromatic N) is 1. The summed E-state index contributed by atoms with van der Waals surface area (Å²) in [5.74, 6) is 0. The second-order valence-electron chi connectivity index (χ2n) is 4.69. The van der Waals surface area contributed by atoms with Gasteiger partial charge in [-0.1, -0.05) is 0 Å². The predicted molar refractivity (Wildman–Crippen MR) is 57.4 cm³/mol. The van der Waals surface area contributed by atoms with E-state index >= 15 is 0 Å². The van der Waals surface area contributed by atoms with Gasteiger partial charge in [-0.2, -0.15) is 0 Å². The van der Waals surface area contributed by atoms with Crippen molar-refractivity contribution in [1.82, 2.24) is 4.98 Å². The van der Waals surface area contributed by atoms with Gasteiger partial charge in [0.25, 0.3) is 0 Å². The number of hydrogen-bond acceptors (Lipinski definition) is 3. The van der Waals surface area contributed by atoms with Crippen molar-refractivity contribution in [2.75, 3.05) is 0 Å². The van der Waals surface area contributed by atoms with E-state index in [-0.39, 0.29) is 0 Å². The zero-order valence-electron chi connectivity index (χ0n) is 9.20. The lowest BCUT2D eigenvalue weighted by Gasteiger charge is -2.27. The van der Waals surface area contributed by atoms with Crippen LogP contribution in [0.25, 0.3) is 0 Å². The van der Waals surface area contributed by atoms with Crippen molar-refractivity contribution in [1.29, 1.82) is 0 Å². The van der Waals surface area contributed by atoms with Gasteiger partial charge in [-0.25, -0.2) is 0 Å². The average molecular weight is 207 g/mol. The minimum absolute atomic E-state index is 0.462. The maximum Gasteiger partial charge on any atom is 0.0962 e. The first-order valence-corrected chi connectivity index (χ1v) is 5.39. The molecule has 1 aliphatic rings. The summed E-state index contributed by atoms with van der Waals surface area (Å²) in [6.45, 7) is 3.53. The maximum atomic E-state index is 10.0. The lowest BCUT2D eigenvalue weighted by molar-refractivity contribution is 0.0758. The molecule has 1 unspecified atom stereocenters. The Bertz CT molecular complexity index is 368. The molecule has 1 atom stereocenters. The van der Waals surface area contributed by atoms with E-state index in [2.05, 4.69) is 4.98 Å². The number of fused-ring (bicyclic) bond motifs is 1. The smallest absolute Gasteiger partial charge is 0.0962 e. The van der Waals surface area contributed by atoms with Gasteiger partial charge in [0.1, 0.15) is 0 Å². The van der Waals surface area contributed by atoms with E-state index in [1.54, 1.807) is 20.0 Å². The molecular weight excluding hydrogens is 190 g/mol. The van der Waals surface area contributed by atoms with E-state index in [4.69, 9.17) is 0 Å². The van der Waals surface area contributed by atoms with Crippen molar-refractivity contribution < 1.29 is 10.2 Å². The van der Waals surface area contributed by atoms with Gasteiger partial charge in [-0.15, -0.1) is 0 Å². The van der Waals surface area contributed by atoms with E-state index in [0.717, 1.165) is 36.1 Å². The van der Waals surface area contributed by atoms with Gasteiger partial charge in [-0.05, 0) is 50.3 Å². The van der Waals surface area contributed by atoms with Crippen LogP contribution in [0.2, 0.25) is 0 Å². The van der Waals surface area contributed by atoms with Crippen LogP contribution >= 0.6 is 0 Å². The fourth-order valence-corrected chi connectivity index (χ4v) is 2.24. The van der Waals surface area contributed by atoms with Gasteiger partial charge in [0.2, 0.25) is 0 Å². The highest BCUT2D eigenvalue weighted by Gasteiger charge is 2.27. The quantitative estimate of drug-likeness (QED) is 0.736. The maximum absolute atomic E-state index is 10.0. The number of aliphatic hydroxyl groups excluding tert-OH is 1. The lowest BCUT2D eigenvalue weighted by atomic mass is 9.85. The molecule has 1 aromatic heterocycles. The molecule has 1 aromatic rings. The van der Waals surface area contributed by atoms with Crippen molar-refractivity contribution in [2.45, 2.75) is 44.8 Å². The van der Waals surface area contributed by atoms with E-state index < -0.39 is 11.7 Å². The van der Waals surface area contributed by atoms with Crippen molar-refractivity contribution in [3.05, 3.63) is 29.1 Å². The standard InChI is InChI=1S/C12H17NO2/c1-12(2,15)9-6-7-13-11-8(9)4-3-5-10(11)14/h6-7,10,14-15H,3-5H2,1-2H3. The highest BCUT2D eigenvalue weighted by molar-refractivity contribution is 5.36. The van der Waals surface area contributed by atoms with Gasteiger partial charge < -0.3 is 10.2 Å². The van der Waals surface area contributed by atoms with Crippen LogP contribution in [0.5, 0.6) is 0 Å². The second kappa shape index (κ2) is 3.58. The Morgan fingerprint density at radius 2 is 2.20 bits per heavy atom. The van der Waals surface area contributed by atoms with E-state index in [1.807, 2.05) is 6.07 Å². The van der Waals surface area contributed by atoms with Crippen LogP contribution in [0.1, 0.15) is 49.6 Å². The fraction of sp³-hybridized carbons (Fsp3) is 0.583. The first kappa shape index (κ1) is 10.6. The SMILES string of the molecule is CC(C)(O)c1ccnc2c1CCCC2O. The third-order valence-corrected chi connectivity index (χ3v) is 2.97. The van der Waals surface area contributed by atoms with Crippen LogP contribution in [0, 0.1) is 0 Å². The van der Waals surface area contributed by atoms with Gasteiger partial charge >= 0.3 is 0 Å². The minimum Gasteiger partial charge on any atom is -0.387 e. The molecule has 0 bridgehead atoms. The molecule has 0 amide bonds. The summed E-state index contributed by atoms with van der Waals surface area (Å²) in [4.78, 5) is 4.21. The topological polar surface area (TPSA) is 53.4 Å². The predicted octanol–water partition coefficient (Wildman–Crippen LogP) is 1.68. The van der Waals surface area contributed by atoms with Crippen LogP contribution < -0.4 is 0 Å². The largest absolute Gasteiger partial charge is 0.387 e. The van der Waals surface area contributed by atoms with Gasteiger partial charge in [0.05, 0.1) is 17.4 Å². The third kappa shape index (κ3) is 1.90. The van der Waals surface area contributed by atoms with Crippen LogP contribution in [-0.2, 0) is 12.0 Å². The second-order valence-corrected chi connectivity index (χ2v) is 4.69. The number of aromatic nitrogens is 1. The molecule has 1 heterocycles. The van der Waals surface area contributed by atoms with Crippen molar-refractivity contribution in [3.8, 4) is 0 Å². The number of hydrogen-bond donors (Lipinski definition) is 2. The number of rotatable bonds is 1. The third-order valence-electron chi connectivity index (χ3n) is 2.97. The fourth-order valence-electron chi connectivity index (χ4n) is 2.24. The molecule has 0 fully saturated rings. The van der Waals surface area contributed by atoms with E-state index in [0.29, 0.717) is 0 Å². The molecule has 0 saturated heterocycles. The molecule has 82 valence electrons. The average Bonchev–Trinajstić information content (AvgIpc) is 2.16. The summed E-state index contributed by atoms with van der Waals surface area (Å²) >= 11 is 0. The summed E-state index contributed by atoms with van der Waals surface area (Å²) in [5, 5.41) is 19.8. The Kier molecular flexibility index (Phi) is 2.52. The van der Waals surface area contributed by atoms with Crippen LogP contribution in [0.3, 0.4) is 0 Å². The number of aliphatic hydroxyl groups is 2. The van der Waals surface area contributed by atoms with E-state index in [9.17, 15) is 10.2 Å². The van der Waals surface area contributed by atoms with Gasteiger partial charge in [0, 0.05) is 6.20 Å². The van der Waals surface area contributed by atoms with Crippen molar-refractivity contribution in [2.24, 2.45) is 0 Å². The number of pyridine rings is 1. The first-order chi connectivity index (χ1) is 7.00. The Morgan fingerprint density at radius 3 is 2.87 bits per heavy atom. The van der Waals surface area contributed by atoms with Crippen LogP contribution in [0.4, 0.5) is 0 Å². The molecule has 0 spiro atoms.